The summed E-state index contributed by atoms with van der Waals surface area (Å²) in [5.74, 6) is 0.189. The van der Waals surface area contributed by atoms with Gasteiger partial charge in [-0.1, -0.05) is 47.5 Å². The third kappa shape index (κ3) is 3.57. The van der Waals surface area contributed by atoms with Gasteiger partial charge in [-0.2, -0.15) is 5.10 Å². The molecule has 1 amide bonds. The van der Waals surface area contributed by atoms with Crippen LogP contribution in [0, 0.1) is 0 Å². The molecule has 4 rings (SSSR count). The molecule has 26 heavy (non-hydrogen) atoms. The number of benzene rings is 2. The lowest BCUT2D eigenvalue weighted by Gasteiger charge is -2.08. The average Bonchev–Trinajstić information content (AvgIpc) is 3.47. The van der Waals surface area contributed by atoms with E-state index in [9.17, 15) is 4.79 Å². The van der Waals surface area contributed by atoms with Crippen LogP contribution < -0.4 is 5.43 Å². The Balaban J connectivity index is 1.60. The summed E-state index contributed by atoms with van der Waals surface area (Å²) in [5, 5.41) is 5.87. The summed E-state index contributed by atoms with van der Waals surface area (Å²) in [6.45, 7) is 0. The molecule has 0 unspecified atom stereocenters. The first kappa shape index (κ1) is 17.0. The van der Waals surface area contributed by atoms with E-state index in [0.29, 0.717) is 27.1 Å². The number of amides is 1. The van der Waals surface area contributed by atoms with Gasteiger partial charge in [0, 0.05) is 27.6 Å². The van der Waals surface area contributed by atoms with Crippen molar-refractivity contribution in [2.24, 2.45) is 5.10 Å². The Morgan fingerprint density at radius 1 is 1.15 bits per heavy atom. The number of para-hydroxylation sites is 1. The zero-order chi connectivity index (χ0) is 18.1. The Labute approximate surface area is 160 Å². The number of halogens is 2. The van der Waals surface area contributed by atoms with E-state index in [4.69, 9.17) is 23.2 Å². The molecule has 3 aromatic rings. The second-order valence-corrected chi connectivity index (χ2v) is 7.09. The highest BCUT2D eigenvalue weighted by Crippen LogP contribution is 2.40. The molecule has 130 valence electrons. The summed E-state index contributed by atoms with van der Waals surface area (Å²) in [5.41, 5.74) is 5.63. The fourth-order valence-corrected chi connectivity index (χ4v) is 3.26. The Morgan fingerprint density at radius 3 is 2.73 bits per heavy atom. The molecule has 1 fully saturated rings. The summed E-state index contributed by atoms with van der Waals surface area (Å²) in [7, 11) is 0. The summed E-state index contributed by atoms with van der Waals surface area (Å²) in [4.78, 5) is 17.4. The Morgan fingerprint density at radius 2 is 1.96 bits per heavy atom. The Hall–Kier alpha value is -2.43. The Kier molecular flexibility index (Phi) is 4.62. The maximum absolute atomic E-state index is 12.7. The van der Waals surface area contributed by atoms with Gasteiger partial charge in [0.05, 0.1) is 22.3 Å². The molecule has 0 radical (unpaired) electrons. The maximum atomic E-state index is 12.7. The fourth-order valence-electron chi connectivity index (χ4n) is 2.80. The van der Waals surface area contributed by atoms with E-state index in [1.165, 1.54) is 6.21 Å². The van der Waals surface area contributed by atoms with Gasteiger partial charge >= 0.3 is 0 Å². The standard InChI is InChI=1S/C20H15Cl2N3O/c21-14-8-7-13(17(22)9-14)11-23-25-20(26)16-10-19(12-5-6-12)24-18-4-2-1-3-15(16)18/h1-4,7-12H,5-6H2,(H,25,26)/b23-11+. The van der Waals surface area contributed by atoms with Crippen LogP contribution in [-0.4, -0.2) is 17.1 Å². The van der Waals surface area contributed by atoms with E-state index < -0.39 is 0 Å². The zero-order valence-corrected chi connectivity index (χ0v) is 15.3. The number of pyridine rings is 1. The lowest BCUT2D eigenvalue weighted by Crippen LogP contribution is -2.18. The molecule has 0 spiro atoms. The van der Waals surface area contributed by atoms with E-state index in [-0.39, 0.29) is 5.91 Å². The number of rotatable bonds is 4. The molecule has 0 saturated heterocycles. The molecule has 1 saturated carbocycles. The first-order chi connectivity index (χ1) is 12.6. The van der Waals surface area contributed by atoms with Crippen LogP contribution in [-0.2, 0) is 0 Å². The van der Waals surface area contributed by atoms with Crippen molar-refractivity contribution in [3.63, 3.8) is 0 Å². The SMILES string of the molecule is O=C(N/N=C/c1ccc(Cl)cc1Cl)c1cc(C2CC2)nc2ccccc12. The molecule has 0 aliphatic heterocycles. The number of fused-ring (bicyclic) bond motifs is 1. The first-order valence-electron chi connectivity index (χ1n) is 8.30. The fraction of sp³-hybridized carbons (Fsp3) is 0.150. The smallest absolute Gasteiger partial charge is 0.267 e. The number of carbonyl (C=O) groups excluding carboxylic acids is 1. The molecular formula is C20H15Cl2N3O. The van der Waals surface area contributed by atoms with Gasteiger partial charge < -0.3 is 0 Å². The largest absolute Gasteiger partial charge is 0.272 e. The quantitative estimate of drug-likeness (QED) is 0.498. The second kappa shape index (κ2) is 7.06. The van der Waals surface area contributed by atoms with E-state index >= 15 is 0 Å². The molecule has 1 aliphatic rings. The van der Waals surface area contributed by atoms with Crippen molar-refractivity contribution < 1.29 is 4.79 Å². The molecule has 0 atom stereocenters. The van der Waals surface area contributed by atoms with Crippen molar-refractivity contribution in [1.29, 1.82) is 0 Å². The molecule has 4 nitrogen and oxygen atoms in total. The molecule has 1 heterocycles. The molecule has 1 N–H and O–H groups in total. The van der Waals surface area contributed by atoms with Crippen LogP contribution in [0.25, 0.3) is 10.9 Å². The molecule has 1 aromatic heterocycles. The number of hydrogen-bond donors (Lipinski definition) is 1. The number of carbonyl (C=O) groups is 1. The van der Waals surface area contributed by atoms with Crippen LogP contribution in [0.3, 0.4) is 0 Å². The van der Waals surface area contributed by atoms with Crippen LogP contribution in [0.5, 0.6) is 0 Å². The summed E-state index contributed by atoms with van der Waals surface area (Å²) < 4.78 is 0. The van der Waals surface area contributed by atoms with Gasteiger partial charge in [0.25, 0.3) is 5.91 Å². The monoisotopic (exact) mass is 383 g/mol. The van der Waals surface area contributed by atoms with Crippen LogP contribution in [0.1, 0.15) is 40.4 Å². The van der Waals surface area contributed by atoms with Crippen LogP contribution >= 0.6 is 23.2 Å². The van der Waals surface area contributed by atoms with E-state index in [0.717, 1.165) is 29.4 Å². The van der Waals surface area contributed by atoms with Gasteiger partial charge in [-0.05, 0) is 37.1 Å². The van der Waals surface area contributed by atoms with Gasteiger partial charge in [0.2, 0.25) is 0 Å². The summed E-state index contributed by atoms with van der Waals surface area (Å²) >= 11 is 12.0. The van der Waals surface area contributed by atoms with Crippen molar-refractivity contribution >= 4 is 46.2 Å². The number of nitrogens with zero attached hydrogens (tertiary/aromatic N) is 2. The number of nitrogens with one attached hydrogen (secondary N) is 1. The van der Waals surface area contributed by atoms with Gasteiger partial charge in [-0.3, -0.25) is 9.78 Å². The third-order valence-corrected chi connectivity index (χ3v) is 4.87. The Bertz CT molecular complexity index is 1030. The predicted molar refractivity (Wildman–Crippen MR) is 105 cm³/mol. The molecule has 0 bridgehead atoms. The summed E-state index contributed by atoms with van der Waals surface area (Å²) in [6.07, 6.45) is 3.75. The number of aromatic nitrogens is 1. The van der Waals surface area contributed by atoms with Crippen molar-refractivity contribution in [2.45, 2.75) is 18.8 Å². The highest BCUT2D eigenvalue weighted by atomic mass is 35.5. The highest BCUT2D eigenvalue weighted by Gasteiger charge is 2.26. The van der Waals surface area contributed by atoms with Gasteiger partial charge in [0.1, 0.15) is 0 Å². The highest BCUT2D eigenvalue weighted by molar-refractivity contribution is 6.36. The predicted octanol–water partition coefficient (Wildman–Crippen LogP) is 5.18. The molecule has 6 heteroatoms. The molecule has 2 aromatic carbocycles. The van der Waals surface area contributed by atoms with Crippen molar-refractivity contribution in [3.8, 4) is 0 Å². The average molecular weight is 384 g/mol. The molecule has 1 aliphatic carbocycles. The van der Waals surface area contributed by atoms with Gasteiger partial charge in [-0.25, -0.2) is 5.43 Å². The maximum Gasteiger partial charge on any atom is 0.272 e. The molecular weight excluding hydrogens is 369 g/mol. The number of hydrogen-bond acceptors (Lipinski definition) is 3. The van der Waals surface area contributed by atoms with Crippen molar-refractivity contribution in [1.82, 2.24) is 10.4 Å². The third-order valence-electron chi connectivity index (χ3n) is 4.31. The number of hydrazone groups is 1. The lowest BCUT2D eigenvalue weighted by atomic mass is 10.1. The van der Waals surface area contributed by atoms with E-state index in [1.54, 1.807) is 18.2 Å². The van der Waals surface area contributed by atoms with Crippen LogP contribution in [0.4, 0.5) is 0 Å². The van der Waals surface area contributed by atoms with Crippen LogP contribution in [0.2, 0.25) is 10.0 Å². The van der Waals surface area contributed by atoms with E-state index in [2.05, 4.69) is 15.5 Å². The normalized spacial score (nSPS) is 14.1. The van der Waals surface area contributed by atoms with Gasteiger partial charge in [0.15, 0.2) is 0 Å². The second-order valence-electron chi connectivity index (χ2n) is 6.25. The first-order valence-corrected chi connectivity index (χ1v) is 9.05. The minimum atomic E-state index is -0.271. The minimum Gasteiger partial charge on any atom is -0.267 e. The van der Waals surface area contributed by atoms with Crippen LogP contribution in [0.15, 0.2) is 53.6 Å². The zero-order valence-electron chi connectivity index (χ0n) is 13.7. The van der Waals surface area contributed by atoms with Crippen molar-refractivity contribution in [2.75, 3.05) is 0 Å². The lowest BCUT2D eigenvalue weighted by molar-refractivity contribution is 0.0956. The van der Waals surface area contributed by atoms with Gasteiger partial charge in [-0.15, -0.1) is 0 Å². The minimum absolute atomic E-state index is 0.271. The summed E-state index contributed by atoms with van der Waals surface area (Å²) in [6, 6.07) is 14.6. The van der Waals surface area contributed by atoms with Crippen molar-refractivity contribution in [3.05, 3.63) is 75.4 Å². The topological polar surface area (TPSA) is 54.4 Å². The van der Waals surface area contributed by atoms with E-state index in [1.807, 2.05) is 30.3 Å².